The molecule has 1 aromatic carbocycles. The second kappa shape index (κ2) is 5.97. The molecule has 0 aromatic heterocycles. The lowest BCUT2D eigenvalue weighted by Gasteiger charge is -2.14. The number of rotatable bonds is 5. The molecule has 92 valence electrons. The van der Waals surface area contributed by atoms with Crippen molar-refractivity contribution in [3.8, 4) is 0 Å². The van der Waals surface area contributed by atoms with Gasteiger partial charge in [0.05, 0.1) is 0 Å². The molecule has 0 spiro atoms. The highest BCUT2D eigenvalue weighted by atomic mass is 16.5. The highest BCUT2D eigenvalue weighted by Gasteiger charge is 2.33. The van der Waals surface area contributed by atoms with Gasteiger partial charge < -0.3 is 20.7 Å². The van der Waals surface area contributed by atoms with E-state index in [-0.39, 0.29) is 6.61 Å². The molecule has 0 heterocycles. The minimum atomic E-state index is -1.78. The normalized spacial score (nSPS) is 13.8. The fraction of sp³-hybridized carbons (Fsp3) is 0.273. The van der Waals surface area contributed by atoms with Crippen molar-refractivity contribution in [2.75, 3.05) is 0 Å². The number of carboxylic acids is 1. The molecule has 0 radical (unpaired) electrons. The predicted molar refractivity (Wildman–Crippen MR) is 57.6 cm³/mol. The summed E-state index contributed by atoms with van der Waals surface area (Å²) in [4.78, 5) is 22.0. The quantitative estimate of drug-likeness (QED) is 0.370. The van der Waals surface area contributed by atoms with Crippen LogP contribution in [0.5, 0.6) is 0 Å². The molecule has 0 saturated carbocycles. The molecule has 2 unspecified atom stereocenters. The van der Waals surface area contributed by atoms with E-state index in [1.165, 1.54) is 0 Å². The lowest BCUT2D eigenvalue weighted by atomic mass is 10.1. The number of carboxylic acid groups (broad SMARTS) is 1. The third kappa shape index (κ3) is 3.86. The molecule has 6 heteroatoms. The summed E-state index contributed by atoms with van der Waals surface area (Å²) >= 11 is 0. The fourth-order valence-corrected chi connectivity index (χ4v) is 1.20. The van der Waals surface area contributed by atoms with Crippen LogP contribution in [-0.2, 0) is 20.9 Å². The zero-order valence-corrected chi connectivity index (χ0v) is 8.95. The number of aliphatic hydroxyl groups excluding tert-OH is 1. The van der Waals surface area contributed by atoms with Crippen molar-refractivity contribution >= 4 is 11.9 Å². The van der Waals surface area contributed by atoms with Crippen LogP contribution in [0, 0.1) is 5.92 Å². The number of aliphatic hydroxyl groups is 1. The van der Waals surface area contributed by atoms with E-state index in [4.69, 9.17) is 20.7 Å². The smallest absolute Gasteiger partial charge is 0.324 e. The largest absolute Gasteiger partial charge is 0.480 e. The molecule has 0 aliphatic heterocycles. The Morgan fingerprint density at radius 2 is 1.88 bits per heavy atom. The zero-order valence-electron chi connectivity index (χ0n) is 8.95. The summed E-state index contributed by atoms with van der Waals surface area (Å²) in [6, 6.07) is 8.77. The molecule has 2 atom stereocenters. The van der Waals surface area contributed by atoms with Crippen molar-refractivity contribution in [1.29, 1.82) is 0 Å². The zero-order chi connectivity index (χ0) is 12.8. The molecule has 0 bridgehead atoms. The number of benzene rings is 1. The summed E-state index contributed by atoms with van der Waals surface area (Å²) in [5.41, 5.74) is 5.70. The van der Waals surface area contributed by atoms with Gasteiger partial charge in [-0.1, -0.05) is 30.3 Å². The Balaban J connectivity index is 2.57. The molecule has 0 saturated heterocycles. The minimum Gasteiger partial charge on any atom is -0.480 e. The molecule has 17 heavy (non-hydrogen) atoms. The highest BCUT2D eigenvalue weighted by Crippen LogP contribution is 2.07. The number of carbonyl (C=O) groups is 2. The number of hydrogen-bond donors (Lipinski definition) is 3. The van der Waals surface area contributed by atoms with Crippen molar-refractivity contribution in [3.63, 3.8) is 0 Å². The standard InChI is InChI=1S/C11H13NO5/c12-9(13)8(10(14)15)11(16)17-6-7-4-2-1-3-5-7/h1-5,8-9,13H,6,12H2,(H,14,15). The number of esters is 1. The van der Waals surface area contributed by atoms with E-state index in [0.29, 0.717) is 0 Å². The van der Waals surface area contributed by atoms with Gasteiger partial charge >= 0.3 is 11.9 Å². The van der Waals surface area contributed by atoms with Crippen LogP contribution >= 0.6 is 0 Å². The van der Waals surface area contributed by atoms with Crippen LogP contribution in [0.2, 0.25) is 0 Å². The van der Waals surface area contributed by atoms with Crippen molar-refractivity contribution < 1.29 is 24.5 Å². The van der Waals surface area contributed by atoms with E-state index >= 15 is 0 Å². The van der Waals surface area contributed by atoms with Crippen LogP contribution in [0.1, 0.15) is 5.56 Å². The van der Waals surface area contributed by atoms with Gasteiger partial charge in [-0.2, -0.15) is 0 Å². The lowest BCUT2D eigenvalue weighted by Crippen LogP contribution is -2.41. The fourth-order valence-electron chi connectivity index (χ4n) is 1.20. The van der Waals surface area contributed by atoms with Crippen LogP contribution in [0.4, 0.5) is 0 Å². The van der Waals surface area contributed by atoms with Gasteiger partial charge in [-0.25, -0.2) is 0 Å². The second-order valence-electron chi connectivity index (χ2n) is 3.40. The summed E-state index contributed by atoms with van der Waals surface area (Å²) in [7, 11) is 0. The summed E-state index contributed by atoms with van der Waals surface area (Å²) in [6.07, 6.45) is -1.78. The van der Waals surface area contributed by atoms with Crippen LogP contribution in [-0.4, -0.2) is 28.4 Å². The summed E-state index contributed by atoms with van der Waals surface area (Å²) in [5, 5.41) is 17.6. The first kappa shape index (κ1) is 13.1. The molecule has 0 amide bonds. The topological polar surface area (TPSA) is 110 Å². The monoisotopic (exact) mass is 239 g/mol. The van der Waals surface area contributed by atoms with E-state index in [9.17, 15) is 9.59 Å². The van der Waals surface area contributed by atoms with E-state index < -0.39 is 24.1 Å². The van der Waals surface area contributed by atoms with E-state index in [0.717, 1.165) is 5.56 Å². The average molecular weight is 239 g/mol. The van der Waals surface area contributed by atoms with E-state index in [1.54, 1.807) is 30.3 Å². The summed E-state index contributed by atoms with van der Waals surface area (Å²) in [6.45, 7) is -0.0594. The SMILES string of the molecule is NC(O)C(C(=O)O)C(=O)OCc1ccccc1. The molecule has 0 aliphatic rings. The average Bonchev–Trinajstić information content (AvgIpc) is 2.27. The minimum absolute atomic E-state index is 0.0594. The molecular weight excluding hydrogens is 226 g/mol. The molecule has 0 fully saturated rings. The highest BCUT2D eigenvalue weighted by molar-refractivity contribution is 5.94. The maximum Gasteiger partial charge on any atom is 0.324 e. The summed E-state index contributed by atoms with van der Waals surface area (Å²) < 4.78 is 4.75. The number of ether oxygens (including phenoxy) is 1. The third-order valence-electron chi connectivity index (χ3n) is 2.09. The van der Waals surface area contributed by atoms with Crippen molar-refractivity contribution in [3.05, 3.63) is 35.9 Å². The Morgan fingerprint density at radius 1 is 1.29 bits per heavy atom. The number of nitrogens with two attached hydrogens (primary N) is 1. The van der Waals surface area contributed by atoms with Gasteiger partial charge in [-0.15, -0.1) is 0 Å². The van der Waals surface area contributed by atoms with Crippen molar-refractivity contribution in [1.82, 2.24) is 0 Å². The van der Waals surface area contributed by atoms with Gasteiger partial charge in [0.2, 0.25) is 0 Å². The van der Waals surface area contributed by atoms with E-state index in [1.807, 2.05) is 0 Å². The molecule has 1 rings (SSSR count). The first-order valence-electron chi connectivity index (χ1n) is 4.89. The van der Waals surface area contributed by atoms with Crippen molar-refractivity contribution in [2.45, 2.75) is 12.8 Å². The van der Waals surface area contributed by atoms with Gasteiger partial charge in [-0.05, 0) is 5.56 Å². The number of carbonyl (C=O) groups excluding carboxylic acids is 1. The Bertz CT molecular complexity index is 390. The second-order valence-corrected chi connectivity index (χ2v) is 3.40. The Morgan fingerprint density at radius 3 is 2.35 bits per heavy atom. The predicted octanol–water partition coefficient (Wildman–Crippen LogP) is -0.292. The third-order valence-corrected chi connectivity index (χ3v) is 2.09. The molecular formula is C11H13NO5. The van der Waals surface area contributed by atoms with Gasteiger partial charge in [0, 0.05) is 0 Å². The van der Waals surface area contributed by atoms with Gasteiger partial charge in [0.15, 0.2) is 5.92 Å². The first-order valence-corrected chi connectivity index (χ1v) is 4.89. The molecule has 0 aliphatic carbocycles. The molecule has 1 aromatic rings. The number of aliphatic carboxylic acids is 1. The van der Waals surface area contributed by atoms with Crippen LogP contribution in [0.3, 0.4) is 0 Å². The Kier molecular flexibility index (Phi) is 4.62. The maximum absolute atomic E-state index is 11.4. The first-order chi connectivity index (χ1) is 8.02. The van der Waals surface area contributed by atoms with Crippen molar-refractivity contribution in [2.24, 2.45) is 11.7 Å². The van der Waals surface area contributed by atoms with Crippen LogP contribution in [0.15, 0.2) is 30.3 Å². The number of hydrogen-bond acceptors (Lipinski definition) is 5. The Hall–Kier alpha value is -1.92. The molecule has 6 nitrogen and oxygen atoms in total. The molecule has 4 N–H and O–H groups in total. The van der Waals surface area contributed by atoms with Gasteiger partial charge in [0.1, 0.15) is 12.8 Å². The Labute approximate surface area is 97.6 Å². The summed E-state index contributed by atoms with van der Waals surface area (Å²) in [5.74, 6) is -4.34. The van der Waals surface area contributed by atoms with Gasteiger partial charge in [-0.3, -0.25) is 9.59 Å². The maximum atomic E-state index is 11.4. The van der Waals surface area contributed by atoms with Gasteiger partial charge in [0.25, 0.3) is 0 Å². The van der Waals surface area contributed by atoms with Crippen LogP contribution < -0.4 is 5.73 Å². The van der Waals surface area contributed by atoms with E-state index in [2.05, 4.69) is 0 Å². The lowest BCUT2D eigenvalue weighted by molar-refractivity contribution is -0.164. The van der Waals surface area contributed by atoms with Crippen LogP contribution in [0.25, 0.3) is 0 Å².